The Balaban J connectivity index is 1.67. The summed E-state index contributed by atoms with van der Waals surface area (Å²) in [7, 11) is 0. The molecule has 0 aliphatic rings. The van der Waals surface area contributed by atoms with Crippen molar-refractivity contribution >= 4 is 34.6 Å². The first-order valence-electron chi connectivity index (χ1n) is 7.16. The minimum atomic E-state index is -0.327. The van der Waals surface area contributed by atoms with E-state index >= 15 is 0 Å². The van der Waals surface area contributed by atoms with Crippen molar-refractivity contribution in [2.24, 2.45) is 0 Å². The Hall–Kier alpha value is -2.92. The van der Waals surface area contributed by atoms with Gasteiger partial charge in [0.15, 0.2) is 0 Å². The monoisotopic (exact) mass is 341 g/mol. The molecule has 0 saturated carbocycles. The molecule has 2 N–H and O–H groups in total. The van der Waals surface area contributed by atoms with Crippen molar-refractivity contribution in [2.45, 2.75) is 0 Å². The number of benzene rings is 2. The van der Waals surface area contributed by atoms with Crippen molar-refractivity contribution in [2.75, 3.05) is 10.6 Å². The number of pyridine rings is 1. The zero-order valence-corrected chi connectivity index (χ0v) is 13.2. The lowest BCUT2D eigenvalue weighted by Gasteiger charge is -2.08. The van der Waals surface area contributed by atoms with Crippen molar-refractivity contribution < 1.29 is 9.18 Å². The predicted molar refractivity (Wildman–Crippen MR) is 93.3 cm³/mol. The van der Waals surface area contributed by atoms with Gasteiger partial charge >= 0.3 is 0 Å². The van der Waals surface area contributed by atoms with Gasteiger partial charge in [-0.25, -0.2) is 9.37 Å². The van der Waals surface area contributed by atoms with Crippen LogP contribution in [0.15, 0.2) is 66.9 Å². The highest BCUT2D eigenvalue weighted by molar-refractivity contribution is 6.30. The predicted octanol–water partition coefficient (Wildman–Crippen LogP) is 4.87. The number of carbonyl (C=O) groups is 1. The maximum Gasteiger partial charge on any atom is 0.274 e. The normalized spacial score (nSPS) is 10.2. The van der Waals surface area contributed by atoms with Gasteiger partial charge in [0.05, 0.1) is 11.9 Å². The second-order valence-electron chi connectivity index (χ2n) is 5.03. The van der Waals surface area contributed by atoms with Crippen LogP contribution in [0.5, 0.6) is 0 Å². The summed E-state index contributed by atoms with van der Waals surface area (Å²) >= 11 is 5.80. The number of carbonyl (C=O) groups excluding carboxylic acids is 1. The van der Waals surface area contributed by atoms with Gasteiger partial charge in [-0.05, 0) is 54.6 Å². The number of hydrogen-bond donors (Lipinski definition) is 2. The lowest BCUT2D eigenvalue weighted by molar-refractivity contribution is 0.102. The number of nitrogens with one attached hydrogen (secondary N) is 2. The molecule has 1 aromatic heterocycles. The smallest absolute Gasteiger partial charge is 0.274 e. The molecule has 3 aromatic rings. The van der Waals surface area contributed by atoms with Crippen LogP contribution in [0.1, 0.15) is 10.5 Å². The summed E-state index contributed by atoms with van der Waals surface area (Å²) in [6, 6.07) is 16.2. The zero-order chi connectivity index (χ0) is 16.9. The summed E-state index contributed by atoms with van der Waals surface area (Å²) < 4.78 is 13.2. The molecule has 2 aromatic carbocycles. The van der Waals surface area contributed by atoms with Gasteiger partial charge in [0.25, 0.3) is 5.91 Å². The van der Waals surface area contributed by atoms with Gasteiger partial charge in [0.1, 0.15) is 11.5 Å². The molecule has 0 aliphatic heterocycles. The van der Waals surface area contributed by atoms with Gasteiger partial charge in [0, 0.05) is 16.4 Å². The van der Waals surface area contributed by atoms with Gasteiger partial charge in [-0.3, -0.25) is 4.79 Å². The van der Waals surface area contributed by atoms with E-state index in [9.17, 15) is 9.18 Å². The van der Waals surface area contributed by atoms with E-state index in [-0.39, 0.29) is 17.4 Å². The topological polar surface area (TPSA) is 54.0 Å². The Morgan fingerprint density at radius 1 is 0.958 bits per heavy atom. The molecule has 3 rings (SSSR count). The standard InChI is InChI=1S/C18H13ClFN3O/c19-12-4-6-14(7-5-12)23-18(24)17-9-8-16(11-21-17)22-15-3-1-2-13(20)10-15/h1-11,22H,(H,23,24). The fraction of sp³-hybridized carbons (Fsp3) is 0. The van der Waals surface area contributed by atoms with Crippen molar-refractivity contribution in [3.8, 4) is 0 Å². The number of nitrogens with zero attached hydrogens (tertiary/aromatic N) is 1. The van der Waals surface area contributed by atoms with Gasteiger partial charge in [0.2, 0.25) is 0 Å². The minimum Gasteiger partial charge on any atom is -0.354 e. The summed E-state index contributed by atoms with van der Waals surface area (Å²) in [5.74, 6) is -0.651. The Morgan fingerprint density at radius 2 is 1.71 bits per heavy atom. The third-order valence-electron chi connectivity index (χ3n) is 3.21. The van der Waals surface area contributed by atoms with E-state index in [2.05, 4.69) is 15.6 Å². The molecule has 1 heterocycles. The molecule has 0 unspecified atom stereocenters. The molecule has 120 valence electrons. The van der Waals surface area contributed by atoms with E-state index in [0.717, 1.165) is 0 Å². The molecular formula is C18H13ClFN3O. The fourth-order valence-electron chi connectivity index (χ4n) is 2.06. The average molecular weight is 342 g/mol. The number of hydrogen-bond acceptors (Lipinski definition) is 3. The van der Waals surface area contributed by atoms with Gasteiger partial charge in [-0.2, -0.15) is 0 Å². The molecule has 0 saturated heterocycles. The van der Waals surface area contributed by atoms with Crippen molar-refractivity contribution in [3.05, 3.63) is 83.4 Å². The Bertz CT molecular complexity index is 851. The third-order valence-corrected chi connectivity index (χ3v) is 3.46. The highest BCUT2D eigenvalue weighted by Gasteiger charge is 2.08. The number of amides is 1. The van der Waals surface area contributed by atoms with E-state index < -0.39 is 0 Å². The van der Waals surface area contributed by atoms with Crippen LogP contribution < -0.4 is 10.6 Å². The summed E-state index contributed by atoms with van der Waals surface area (Å²) in [4.78, 5) is 16.3. The first-order chi connectivity index (χ1) is 11.6. The first-order valence-corrected chi connectivity index (χ1v) is 7.53. The van der Waals surface area contributed by atoms with Crippen molar-refractivity contribution in [1.29, 1.82) is 0 Å². The molecule has 1 amide bonds. The van der Waals surface area contributed by atoms with E-state index in [1.54, 1.807) is 48.5 Å². The molecule has 0 fully saturated rings. The van der Waals surface area contributed by atoms with E-state index in [4.69, 9.17) is 11.6 Å². The fourth-order valence-corrected chi connectivity index (χ4v) is 2.19. The van der Waals surface area contributed by atoms with Crippen LogP contribution in [0.3, 0.4) is 0 Å². The molecule has 4 nitrogen and oxygen atoms in total. The lowest BCUT2D eigenvalue weighted by Crippen LogP contribution is -2.13. The number of aromatic nitrogens is 1. The minimum absolute atomic E-state index is 0.273. The average Bonchev–Trinajstić information content (AvgIpc) is 2.57. The maximum absolute atomic E-state index is 13.2. The van der Waals surface area contributed by atoms with Crippen LogP contribution in [0.25, 0.3) is 0 Å². The van der Waals surface area contributed by atoms with E-state index in [1.165, 1.54) is 18.3 Å². The summed E-state index contributed by atoms with van der Waals surface area (Å²) in [5, 5.41) is 6.35. The second-order valence-corrected chi connectivity index (χ2v) is 5.46. The summed E-state index contributed by atoms with van der Waals surface area (Å²) in [5.41, 5.74) is 2.17. The van der Waals surface area contributed by atoms with Gasteiger partial charge < -0.3 is 10.6 Å². The molecule has 0 atom stereocenters. The molecule has 0 aliphatic carbocycles. The summed E-state index contributed by atoms with van der Waals surface area (Å²) in [6.45, 7) is 0. The maximum atomic E-state index is 13.2. The second kappa shape index (κ2) is 7.10. The van der Waals surface area contributed by atoms with E-state index in [0.29, 0.717) is 22.1 Å². The largest absolute Gasteiger partial charge is 0.354 e. The Kier molecular flexibility index (Phi) is 4.72. The van der Waals surface area contributed by atoms with Crippen LogP contribution in [-0.2, 0) is 0 Å². The van der Waals surface area contributed by atoms with Crippen LogP contribution >= 0.6 is 11.6 Å². The summed E-state index contributed by atoms with van der Waals surface area (Å²) in [6.07, 6.45) is 1.52. The number of halogens is 2. The van der Waals surface area contributed by atoms with Crippen LogP contribution in [0, 0.1) is 5.82 Å². The number of anilines is 3. The van der Waals surface area contributed by atoms with Crippen LogP contribution in [0.2, 0.25) is 5.02 Å². The SMILES string of the molecule is O=C(Nc1ccc(Cl)cc1)c1ccc(Nc2cccc(F)c2)cn1. The molecule has 24 heavy (non-hydrogen) atoms. The van der Waals surface area contributed by atoms with Gasteiger partial charge in [-0.1, -0.05) is 17.7 Å². The zero-order valence-electron chi connectivity index (χ0n) is 12.5. The molecular weight excluding hydrogens is 329 g/mol. The third kappa shape index (κ3) is 4.08. The van der Waals surface area contributed by atoms with E-state index in [1.807, 2.05) is 0 Å². The molecule has 0 spiro atoms. The first kappa shape index (κ1) is 16.0. The molecule has 0 radical (unpaired) electrons. The van der Waals surface area contributed by atoms with Crippen molar-refractivity contribution in [1.82, 2.24) is 4.98 Å². The number of rotatable bonds is 4. The van der Waals surface area contributed by atoms with Crippen LogP contribution in [0.4, 0.5) is 21.5 Å². The highest BCUT2D eigenvalue weighted by Crippen LogP contribution is 2.18. The lowest BCUT2D eigenvalue weighted by atomic mass is 10.2. The van der Waals surface area contributed by atoms with Crippen molar-refractivity contribution in [3.63, 3.8) is 0 Å². The molecule has 0 bridgehead atoms. The quantitative estimate of drug-likeness (QED) is 0.711. The Morgan fingerprint density at radius 3 is 2.38 bits per heavy atom. The van der Waals surface area contributed by atoms with Crippen LogP contribution in [-0.4, -0.2) is 10.9 Å². The van der Waals surface area contributed by atoms with Gasteiger partial charge in [-0.15, -0.1) is 0 Å². The highest BCUT2D eigenvalue weighted by atomic mass is 35.5. The molecule has 6 heteroatoms. The Labute approximate surface area is 143 Å².